The zero-order valence-electron chi connectivity index (χ0n) is 10.3. The summed E-state index contributed by atoms with van der Waals surface area (Å²) in [7, 11) is 0. The summed E-state index contributed by atoms with van der Waals surface area (Å²) in [6.07, 6.45) is 0. The van der Waals surface area contributed by atoms with E-state index in [0.717, 1.165) is 0 Å². The molecule has 0 fully saturated rings. The first kappa shape index (κ1) is 14.6. The van der Waals surface area contributed by atoms with Gasteiger partial charge in [0, 0.05) is 0 Å². The van der Waals surface area contributed by atoms with Crippen LogP contribution in [0, 0.1) is 20.2 Å². The number of nitrogens with one attached hydrogen (secondary N) is 2. The minimum absolute atomic E-state index is 0.391. The fourth-order valence-electron chi connectivity index (χ4n) is 1.35. The van der Waals surface area contributed by atoms with Gasteiger partial charge in [-0.25, -0.2) is 20.2 Å². The molecule has 0 bridgehead atoms. The topological polar surface area (TPSA) is 244 Å². The van der Waals surface area contributed by atoms with Gasteiger partial charge in [-0.1, -0.05) is 5.43 Å². The standard InChI is InChI=1S/C5H6N12O5/c6-3(18)5(7)13-10-2(15(5)14-17(21)22)1-8-4(11-9-1)12-16(19)20/h14H,7H2,(H2,6,18)(H,8,12). The van der Waals surface area contributed by atoms with Crippen molar-refractivity contribution in [2.24, 2.45) is 36.9 Å². The number of nitro groups is 2. The predicted molar refractivity (Wildman–Crippen MR) is 62.4 cm³/mol. The number of rotatable bonds is 4. The Labute approximate surface area is 118 Å². The molecule has 1 amide bonds. The van der Waals surface area contributed by atoms with Crippen molar-refractivity contribution >= 4 is 11.9 Å². The molecule has 0 saturated carbocycles. The SMILES string of the molecule is NC(=O)C1(N)N=NC(=C2N=NC(N[N+](=O)[O-])=N2)N1N[N+](=O)[O-]. The second-order valence-corrected chi connectivity index (χ2v) is 3.63. The molecular weight excluding hydrogens is 308 g/mol. The van der Waals surface area contributed by atoms with E-state index in [2.05, 4.69) is 25.4 Å². The molecule has 2 aliphatic rings. The average molecular weight is 314 g/mol. The van der Waals surface area contributed by atoms with E-state index in [1.165, 1.54) is 0 Å². The number of amides is 1. The maximum atomic E-state index is 11.3. The lowest BCUT2D eigenvalue weighted by Gasteiger charge is -2.25. The van der Waals surface area contributed by atoms with E-state index in [1.807, 2.05) is 0 Å². The molecule has 17 heteroatoms. The van der Waals surface area contributed by atoms with Crippen LogP contribution in [0.3, 0.4) is 0 Å². The second-order valence-electron chi connectivity index (χ2n) is 3.63. The Morgan fingerprint density at radius 3 is 2.45 bits per heavy atom. The van der Waals surface area contributed by atoms with E-state index in [1.54, 1.807) is 11.0 Å². The van der Waals surface area contributed by atoms with Crippen LogP contribution in [0.5, 0.6) is 0 Å². The molecular formula is C5H6N12O5. The Kier molecular flexibility index (Phi) is 3.31. The van der Waals surface area contributed by atoms with Crippen LogP contribution >= 0.6 is 0 Å². The minimum Gasteiger partial charge on any atom is -0.365 e. The van der Waals surface area contributed by atoms with E-state index in [9.17, 15) is 25.0 Å². The smallest absolute Gasteiger partial charge is 0.307 e. The molecule has 17 nitrogen and oxygen atoms in total. The molecule has 0 aliphatic carbocycles. The number of hydrogen-bond donors (Lipinski definition) is 4. The van der Waals surface area contributed by atoms with Crippen molar-refractivity contribution in [3.63, 3.8) is 0 Å². The van der Waals surface area contributed by atoms with Gasteiger partial charge in [-0.05, 0) is 5.53 Å². The van der Waals surface area contributed by atoms with E-state index in [0.29, 0.717) is 5.01 Å². The van der Waals surface area contributed by atoms with E-state index in [4.69, 9.17) is 11.5 Å². The molecule has 0 aromatic rings. The Balaban J connectivity index is 2.41. The number of carbonyl (C=O) groups excluding carboxylic acids is 1. The van der Waals surface area contributed by atoms with Gasteiger partial charge in [0.1, 0.15) is 0 Å². The number of hydrogen-bond acceptors (Lipinski definition) is 12. The lowest BCUT2D eigenvalue weighted by atomic mass is 10.3. The molecule has 1 unspecified atom stereocenters. The van der Waals surface area contributed by atoms with Crippen LogP contribution < -0.4 is 22.4 Å². The highest BCUT2D eigenvalue weighted by molar-refractivity contribution is 5.84. The highest BCUT2D eigenvalue weighted by Crippen LogP contribution is 2.29. The van der Waals surface area contributed by atoms with Crippen LogP contribution in [0.15, 0.2) is 37.1 Å². The minimum atomic E-state index is -2.40. The van der Waals surface area contributed by atoms with Gasteiger partial charge in [0.15, 0.2) is 10.1 Å². The number of aliphatic imine (C=N–C) groups is 1. The van der Waals surface area contributed by atoms with Crippen molar-refractivity contribution in [1.29, 1.82) is 0 Å². The number of carbonyl (C=O) groups is 1. The highest BCUT2D eigenvalue weighted by Gasteiger charge is 2.49. The molecule has 2 heterocycles. The predicted octanol–water partition coefficient (Wildman–Crippen LogP) is -2.72. The number of nitrogens with two attached hydrogens (primary N) is 2. The summed E-state index contributed by atoms with van der Waals surface area (Å²) in [6.45, 7) is 0. The third kappa shape index (κ3) is 2.45. The fourth-order valence-corrected chi connectivity index (χ4v) is 1.35. The Bertz CT molecular complexity index is 677. The van der Waals surface area contributed by atoms with E-state index in [-0.39, 0.29) is 0 Å². The molecule has 0 spiro atoms. The maximum absolute atomic E-state index is 11.3. The molecule has 0 saturated heterocycles. The molecule has 22 heavy (non-hydrogen) atoms. The number of nitrogens with zero attached hydrogens (tertiary/aromatic N) is 8. The lowest BCUT2D eigenvalue weighted by molar-refractivity contribution is -0.579. The number of hydrazine groups is 3. The largest absolute Gasteiger partial charge is 0.365 e. The lowest BCUT2D eigenvalue weighted by Crippen LogP contribution is -2.65. The average Bonchev–Trinajstić information content (AvgIpc) is 2.95. The Morgan fingerprint density at radius 1 is 1.23 bits per heavy atom. The van der Waals surface area contributed by atoms with Crippen LogP contribution in [-0.4, -0.2) is 32.7 Å². The summed E-state index contributed by atoms with van der Waals surface area (Å²) >= 11 is 0. The van der Waals surface area contributed by atoms with Crippen molar-refractivity contribution in [2.45, 2.75) is 5.79 Å². The zero-order valence-corrected chi connectivity index (χ0v) is 10.3. The summed E-state index contributed by atoms with van der Waals surface area (Å²) in [5.41, 5.74) is 13.7. The fraction of sp³-hybridized carbons (Fsp3) is 0.200. The highest BCUT2D eigenvalue weighted by atomic mass is 16.7. The van der Waals surface area contributed by atoms with Gasteiger partial charge >= 0.3 is 11.7 Å². The molecule has 2 rings (SSSR count). The van der Waals surface area contributed by atoms with E-state index < -0.39 is 39.4 Å². The summed E-state index contributed by atoms with van der Waals surface area (Å²) in [5.74, 6) is -5.08. The van der Waals surface area contributed by atoms with E-state index >= 15 is 0 Å². The van der Waals surface area contributed by atoms with Crippen LogP contribution in [0.1, 0.15) is 0 Å². The van der Waals surface area contributed by atoms with Crippen molar-refractivity contribution in [1.82, 2.24) is 16.0 Å². The van der Waals surface area contributed by atoms with Crippen molar-refractivity contribution < 1.29 is 14.9 Å². The van der Waals surface area contributed by atoms with Crippen molar-refractivity contribution in [3.05, 3.63) is 31.9 Å². The number of azo groups is 2. The third-order valence-electron chi connectivity index (χ3n) is 2.24. The summed E-state index contributed by atoms with van der Waals surface area (Å²) in [5, 5.41) is 32.6. The van der Waals surface area contributed by atoms with Crippen LogP contribution in [0.25, 0.3) is 0 Å². The number of primary amides is 1. The van der Waals surface area contributed by atoms with Gasteiger partial charge in [0.2, 0.25) is 11.6 Å². The first-order chi connectivity index (χ1) is 10.2. The summed E-state index contributed by atoms with van der Waals surface area (Å²) in [6, 6.07) is 0. The second kappa shape index (κ2) is 4.97. The van der Waals surface area contributed by atoms with Crippen LogP contribution in [-0.2, 0) is 4.79 Å². The maximum Gasteiger partial charge on any atom is 0.307 e. The van der Waals surface area contributed by atoms with Crippen LogP contribution in [0.4, 0.5) is 0 Å². The first-order valence-electron chi connectivity index (χ1n) is 5.12. The van der Waals surface area contributed by atoms with Gasteiger partial charge in [-0.15, -0.1) is 20.5 Å². The molecule has 6 N–H and O–H groups in total. The van der Waals surface area contributed by atoms with Gasteiger partial charge in [0.05, 0.1) is 0 Å². The molecule has 0 aromatic carbocycles. The monoisotopic (exact) mass is 314 g/mol. The van der Waals surface area contributed by atoms with Gasteiger partial charge < -0.3 is 5.73 Å². The third-order valence-corrected chi connectivity index (χ3v) is 2.24. The molecule has 0 radical (unpaired) electrons. The molecule has 1 atom stereocenters. The van der Waals surface area contributed by atoms with Gasteiger partial charge in [-0.3, -0.25) is 10.5 Å². The molecule has 2 aliphatic heterocycles. The molecule has 116 valence electrons. The number of guanidine groups is 1. The van der Waals surface area contributed by atoms with Crippen molar-refractivity contribution in [3.8, 4) is 0 Å². The Morgan fingerprint density at radius 2 is 1.91 bits per heavy atom. The first-order valence-corrected chi connectivity index (χ1v) is 5.12. The quantitative estimate of drug-likeness (QED) is 0.310. The van der Waals surface area contributed by atoms with Crippen LogP contribution in [0.2, 0.25) is 0 Å². The van der Waals surface area contributed by atoms with Crippen molar-refractivity contribution in [2.75, 3.05) is 0 Å². The van der Waals surface area contributed by atoms with Gasteiger partial charge in [0.25, 0.3) is 5.91 Å². The summed E-state index contributed by atoms with van der Waals surface area (Å²) in [4.78, 5) is 35.7. The molecule has 0 aromatic heterocycles. The Hall–Kier alpha value is -3.76. The zero-order chi connectivity index (χ0) is 16.5. The summed E-state index contributed by atoms with van der Waals surface area (Å²) < 4.78 is 0. The normalized spacial score (nSPS) is 26.0. The van der Waals surface area contributed by atoms with Gasteiger partial charge in [-0.2, -0.15) is 10.0 Å².